The number of hydrogen-bond acceptors (Lipinski definition) is 3. The van der Waals surface area contributed by atoms with Crippen LogP contribution in [-0.4, -0.2) is 27.6 Å². The van der Waals surface area contributed by atoms with Crippen molar-refractivity contribution in [3.05, 3.63) is 28.8 Å². The van der Waals surface area contributed by atoms with Gasteiger partial charge in [0.2, 0.25) is 0 Å². The molecule has 0 bridgehead atoms. The van der Waals surface area contributed by atoms with Crippen molar-refractivity contribution in [3.63, 3.8) is 0 Å². The van der Waals surface area contributed by atoms with Gasteiger partial charge in [-0.3, -0.25) is 4.40 Å². The normalized spacial score (nSPS) is 16.6. The molecule has 2 N–H and O–H groups in total. The van der Waals surface area contributed by atoms with Crippen LogP contribution in [0.3, 0.4) is 0 Å². The standard InChI is InChI=1S/C11H12BrN3O/c12-11-9-2-1-8(16)6-15(9)10(14-11)3-7-4-13-5-7/h1-2,6-7,13,16H,3-5H2. The van der Waals surface area contributed by atoms with Gasteiger partial charge in [0.25, 0.3) is 0 Å². The molecule has 0 aliphatic carbocycles. The molecular weight excluding hydrogens is 270 g/mol. The van der Waals surface area contributed by atoms with Crippen LogP contribution in [0.4, 0.5) is 0 Å². The first-order valence-corrected chi connectivity index (χ1v) is 6.09. The monoisotopic (exact) mass is 281 g/mol. The van der Waals surface area contributed by atoms with Gasteiger partial charge in [0.15, 0.2) is 0 Å². The van der Waals surface area contributed by atoms with E-state index in [1.807, 2.05) is 10.5 Å². The van der Waals surface area contributed by atoms with Crippen molar-refractivity contribution in [2.75, 3.05) is 13.1 Å². The number of aromatic nitrogens is 2. The van der Waals surface area contributed by atoms with E-state index in [-0.39, 0.29) is 5.75 Å². The highest BCUT2D eigenvalue weighted by molar-refractivity contribution is 9.10. The van der Waals surface area contributed by atoms with Crippen molar-refractivity contribution < 1.29 is 5.11 Å². The fraction of sp³-hybridized carbons (Fsp3) is 0.364. The van der Waals surface area contributed by atoms with Gasteiger partial charge < -0.3 is 10.4 Å². The highest BCUT2D eigenvalue weighted by Gasteiger charge is 2.20. The van der Waals surface area contributed by atoms with Gasteiger partial charge in [-0.1, -0.05) is 0 Å². The summed E-state index contributed by atoms with van der Waals surface area (Å²) in [5, 5.41) is 12.7. The third-order valence-corrected chi connectivity index (χ3v) is 3.57. The van der Waals surface area contributed by atoms with Gasteiger partial charge >= 0.3 is 0 Å². The summed E-state index contributed by atoms with van der Waals surface area (Å²) < 4.78 is 2.80. The van der Waals surface area contributed by atoms with Gasteiger partial charge in [-0.05, 0) is 47.1 Å². The Kier molecular flexibility index (Phi) is 2.37. The Morgan fingerprint density at radius 3 is 3.00 bits per heavy atom. The van der Waals surface area contributed by atoms with Gasteiger partial charge in [-0.2, -0.15) is 0 Å². The van der Waals surface area contributed by atoms with Crippen molar-refractivity contribution in [2.24, 2.45) is 5.92 Å². The Bertz CT molecular complexity index is 533. The number of imidazole rings is 1. The van der Waals surface area contributed by atoms with Crippen LogP contribution in [0.1, 0.15) is 5.82 Å². The fourth-order valence-corrected chi connectivity index (χ4v) is 2.52. The molecule has 3 rings (SSSR count). The second kappa shape index (κ2) is 3.75. The van der Waals surface area contributed by atoms with Crippen molar-refractivity contribution >= 4 is 21.4 Å². The Labute approximate surface area is 101 Å². The number of hydrogen-bond donors (Lipinski definition) is 2. The zero-order valence-electron chi connectivity index (χ0n) is 8.65. The van der Waals surface area contributed by atoms with Gasteiger partial charge in [0.05, 0.1) is 11.7 Å². The molecule has 0 amide bonds. The summed E-state index contributed by atoms with van der Waals surface area (Å²) in [5.41, 5.74) is 1.00. The zero-order chi connectivity index (χ0) is 11.1. The Morgan fingerprint density at radius 2 is 2.31 bits per heavy atom. The van der Waals surface area contributed by atoms with Gasteiger partial charge in [0, 0.05) is 6.42 Å². The molecule has 16 heavy (non-hydrogen) atoms. The topological polar surface area (TPSA) is 49.6 Å². The van der Waals surface area contributed by atoms with Gasteiger partial charge in [-0.15, -0.1) is 0 Å². The highest BCUT2D eigenvalue weighted by Crippen LogP contribution is 2.23. The van der Waals surface area contributed by atoms with Crippen molar-refractivity contribution in [1.29, 1.82) is 0 Å². The van der Waals surface area contributed by atoms with Crippen LogP contribution < -0.4 is 5.32 Å². The first-order chi connectivity index (χ1) is 7.74. The first kappa shape index (κ1) is 10.1. The summed E-state index contributed by atoms with van der Waals surface area (Å²) in [6.45, 7) is 2.12. The number of fused-ring (bicyclic) bond motifs is 1. The predicted molar refractivity (Wildman–Crippen MR) is 64.6 cm³/mol. The lowest BCUT2D eigenvalue weighted by molar-refractivity contribution is 0.340. The van der Waals surface area contributed by atoms with Crippen molar-refractivity contribution in [2.45, 2.75) is 6.42 Å². The minimum atomic E-state index is 0.269. The first-order valence-electron chi connectivity index (χ1n) is 5.30. The molecule has 4 nitrogen and oxygen atoms in total. The Hall–Kier alpha value is -1.07. The smallest absolute Gasteiger partial charge is 0.132 e. The summed E-state index contributed by atoms with van der Waals surface area (Å²) in [4.78, 5) is 4.49. The number of rotatable bonds is 2. The van der Waals surface area contributed by atoms with Crippen LogP contribution in [0, 0.1) is 5.92 Å². The maximum atomic E-state index is 9.49. The average molecular weight is 282 g/mol. The predicted octanol–water partition coefficient (Wildman–Crippen LogP) is 1.56. The molecule has 0 aromatic carbocycles. The largest absolute Gasteiger partial charge is 0.506 e. The molecule has 0 unspecified atom stereocenters. The van der Waals surface area contributed by atoms with E-state index in [1.165, 1.54) is 0 Å². The molecule has 2 aromatic heterocycles. The molecule has 0 atom stereocenters. The lowest BCUT2D eigenvalue weighted by Gasteiger charge is -2.26. The number of nitrogens with zero attached hydrogens (tertiary/aromatic N) is 2. The summed E-state index contributed by atoms with van der Waals surface area (Å²) in [6, 6.07) is 3.55. The van der Waals surface area contributed by atoms with Crippen LogP contribution in [0.5, 0.6) is 5.75 Å². The van der Waals surface area contributed by atoms with E-state index in [2.05, 4.69) is 26.2 Å². The van der Waals surface area contributed by atoms with E-state index in [0.29, 0.717) is 5.92 Å². The Morgan fingerprint density at radius 1 is 1.50 bits per heavy atom. The molecule has 1 saturated heterocycles. The summed E-state index contributed by atoms with van der Waals surface area (Å²) in [7, 11) is 0. The maximum absolute atomic E-state index is 9.49. The molecule has 5 heteroatoms. The lowest BCUT2D eigenvalue weighted by Crippen LogP contribution is -2.43. The second-order valence-electron chi connectivity index (χ2n) is 4.19. The molecule has 0 radical (unpaired) electrons. The van der Waals surface area contributed by atoms with Crippen LogP contribution in [-0.2, 0) is 6.42 Å². The van der Waals surface area contributed by atoms with E-state index >= 15 is 0 Å². The third kappa shape index (κ3) is 1.60. The van der Waals surface area contributed by atoms with E-state index in [9.17, 15) is 5.11 Å². The van der Waals surface area contributed by atoms with Crippen LogP contribution >= 0.6 is 15.9 Å². The van der Waals surface area contributed by atoms with Crippen molar-refractivity contribution in [1.82, 2.24) is 14.7 Å². The van der Waals surface area contributed by atoms with Crippen molar-refractivity contribution in [3.8, 4) is 5.75 Å². The molecular formula is C11H12BrN3O. The number of pyridine rings is 1. The third-order valence-electron chi connectivity index (χ3n) is 2.99. The lowest BCUT2D eigenvalue weighted by atomic mass is 9.99. The Balaban J connectivity index is 2.05. The van der Waals surface area contributed by atoms with Crippen LogP contribution in [0.2, 0.25) is 0 Å². The van der Waals surface area contributed by atoms with Gasteiger partial charge in [-0.25, -0.2) is 4.98 Å². The van der Waals surface area contributed by atoms with Crippen LogP contribution in [0.25, 0.3) is 5.52 Å². The molecule has 2 aromatic rings. The molecule has 84 valence electrons. The fourth-order valence-electron chi connectivity index (χ4n) is 1.99. The van der Waals surface area contributed by atoms with E-state index in [0.717, 1.165) is 35.5 Å². The second-order valence-corrected chi connectivity index (χ2v) is 4.94. The molecule has 0 saturated carbocycles. The average Bonchev–Trinajstić information content (AvgIpc) is 2.49. The SMILES string of the molecule is Oc1ccc2c(Br)nc(CC3CNC3)n2c1. The maximum Gasteiger partial charge on any atom is 0.132 e. The number of nitrogens with one attached hydrogen (secondary N) is 1. The number of halogens is 1. The summed E-state index contributed by atoms with van der Waals surface area (Å²) >= 11 is 3.44. The van der Waals surface area contributed by atoms with Gasteiger partial charge in [0.1, 0.15) is 16.2 Å². The minimum Gasteiger partial charge on any atom is -0.506 e. The summed E-state index contributed by atoms with van der Waals surface area (Å²) in [5.74, 6) is 1.94. The summed E-state index contributed by atoms with van der Waals surface area (Å²) in [6.07, 6.45) is 2.66. The zero-order valence-corrected chi connectivity index (χ0v) is 10.2. The highest BCUT2D eigenvalue weighted by atomic mass is 79.9. The quantitative estimate of drug-likeness (QED) is 0.879. The van der Waals surface area contributed by atoms with Crippen LogP contribution in [0.15, 0.2) is 22.9 Å². The molecule has 0 spiro atoms. The molecule has 1 aliphatic heterocycles. The van der Waals surface area contributed by atoms with E-state index in [4.69, 9.17) is 0 Å². The molecule has 3 heterocycles. The minimum absolute atomic E-state index is 0.269. The van der Waals surface area contributed by atoms with E-state index in [1.54, 1.807) is 12.3 Å². The molecule has 1 aliphatic rings. The molecule has 1 fully saturated rings. The number of aromatic hydroxyl groups is 1. The van der Waals surface area contributed by atoms with E-state index < -0.39 is 0 Å².